The average Bonchev–Trinajstić information content (AvgIpc) is 2.18. The Bertz CT molecular complexity index is 352. The molecule has 0 aliphatic carbocycles. The van der Waals surface area contributed by atoms with Gasteiger partial charge in [-0.1, -0.05) is 6.07 Å². The molecule has 1 heterocycles. The van der Waals surface area contributed by atoms with Gasteiger partial charge < -0.3 is 15.2 Å². The molecule has 1 aliphatic heterocycles. The zero-order valence-electron chi connectivity index (χ0n) is 7.92. The summed E-state index contributed by atoms with van der Waals surface area (Å²) in [6.07, 6.45) is 0. The second-order valence-electron chi connectivity index (χ2n) is 3.28. The molecule has 1 unspecified atom stereocenters. The van der Waals surface area contributed by atoms with Gasteiger partial charge in [0.15, 0.2) is 17.3 Å². The standard InChI is InChI=1S/C10H12FNO2/c1-6(12)7-2-3-8-10(9(7)11)14-5-4-13-8/h2-3,6H,4-5,12H2,1H3. The van der Waals surface area contributed by atoms with Crippen LogP contribution in [0.5, 0.6) is 11.5 Å². The van der Waals surface area contributed by atoms with Crippen LogP contribution in [0.4, 0.5) is 4.39 Å². The third kappa shape index (κ3) is 1.42. The van der Waals surface area contributed by atoms with Crippen LogP contribution < -0.4 is 15.2 Å². The van der Waals surface area contributed by atoms with Crippen molar-refractivity contribution in [1.29, 1.82) is 0 Å². The Kier molecular flexibility index (Phi) is 2.29. The Balaban J connectivity index is 2.49. The quantitative estimate of drug-likeness (QED) is 0.744. The second kappa shape index (κ2) is 3.46. The van der Waals surface area contributed by atoms with Crippen LogP contribution in [0, 0.1) is 5.82 Å². The maximum absolute atomic E-state index is 13.7. The number of hydrogen-bond donors (Lipinski definition) is 1. The fraction of sp³-hybridized carbons (Fsp3) is 0.400. The Labute approximate surface area is 81.6 Å². The summed E-state index contributed by atoms with van der Waals surface area (Å²) in [5.74, 6) is 0.237. The lowest BCUT2D eigenvalue weighted by molar-refractivity contribution is 0.163. The van der Waals surface area contributed by atoms with Crippen molar-refractivity contribution in [2.45, 2.75) is 13.0 Å². The molecule has 4 heteroatoms. The van der Waals surface area contributed by atoms with E-state index in [-0.39, 0.29) is 11.8 Å². The summed E-state index contributed by atoms with van der Waals surface area (Å²) >= 11 is 0. The third-order valence-electron chi connectivity index (χ3n) is 2.17. The highest BCUT2D eigenvalue weighted by atomic mass is 19.1. The highest BCUT2D eigenvalue weighted by Gasteiger charge is 2.20. The van der Waals surface area contributed by atoms with Gasteiger partial charge in [0.1, 0.15) is 13.2 Å². The minimum Gasteiger partial charge on any atom is -0.486 e. The SMILES string of the molecule is CC(N)c1ccc2c(c1F)OCCO2. The van der Waals surface area contributed by atoms with E-state index in [4.69, 9.17) is 15.2 Å². The van der Waals surface area contributed by atoms with Gasteiger partial charge in [-0.2, -0.15) is 0 Å². The van der Waals surface area contributed by atoms with Gasteiger partial charge in [-0.05, 0) is 13.0 Å². The van der Waals surface area contributed by atoms with Crippen LogP contribution in [0.15, 0.2) is 12.1 Å². The summed E-state index contributed by atoms with van der Waals surface area (Å²) in [6, 6.07) is 2.98. The van der Waals surface area contributed by atoms with Crippen molar-refractivity contribution in [2.75, 3.05) is 13.2 Å². The lowest BCUT2D eigenvalue weighted by atomic mass is 10.1. The van der Waals surface area contributed by atoms with Gasteiger partial charge in [-0.15, -0.1) is 0 Å². The fourth-order valence-corrected chi connectivity index (χ4v) is 1.45. The van der Waals surface area contributed by atoms with Crippen LogP contribution >= 0.6 is 0 Å². The summed E-state index contributed by atoms with van der Waals surface area (Å²) in [6.45, 7) is 2.57. The Morgan fingerprint density at radius 3 is 2.79 bits per heavy atom. The summed E-state index contributed by atoms with van der Waals surface area (Å²) < 4.78 is 24.1. The van der Waals surface area contributed by atoms with E-state index in [0.29, 0.717) is 24.5 Å². The van der Waals surface area contributed by atoms with Crippen molar-refractivity contribution in [3.8, 4) is 11.5 Å². The van der Waals surface area contributed by atoms with E-state index in [0.717, 1.165) is 0 Å². The number of benzene rings is 1. The molecular weight excluding hydrogens is 185 g/mol. The molecule has 1 aromatic rings. The predicted octanol–water partition coefficient (Wildman–Crippen LogP) is 1.62. The van der Waals surface area contributed by atoms with Gasteiger partial charge in [0, 0.05) is 11.6 Å². The molecule has 1 aromatic carbocycles. The molecule has 1 aliphatic rings. The molecule has 2 N–H and O–H groups in total. The van der Waals surface area contributed by atoms with Gasteiger partial charge in [0.2, 0.25) is 0 Å². The van der Waals surface area contributed by atoms with Crippen LogP contribution in [0.1, 0.15) is 18.5 Å². The van der Waals surface area contributed by atoms with Gasteiger partial charge in [0.05, 0.1) is 0 Å². The van der Waals surface area contributed by atoms with E-state index < -0.39 is 5.82 Å². The van der Waals surface area contributed by atoms with E-state index in [1.807, 2.05) is 0 Å². The monoisotopic (exact) mass is 197 g/mol. The smallest absolute Gasteiger partial charge is 0.197 e. The Morgan fingerprint density at radius 2 is 2.07 bits per heavy atom. The zero-order chi connectivity index (χ0) is 10.1. The molecule has 1 atom stereocenters. The van der Waals surface area contributed by atoms with E-state index in [2.05, 4.69) is 0 Å². The minimum absolute atomic E-state index is 0.186. The zero-order valence-corrected chi connectivity index (χ0v) is 7.92. The number of ether oxygens (including phenoxy) is 2. The first-order valence-electron chi connectivity index (χ1n) is 4.53. The van der Waals surface area contributed by atoms with Gasteiger partial charge >= 0.3 is 0 Å². The molecule has 0 fully saturated rings. The summed E-state index contributed by atoms with van der Waals surface area (Å²) in [5, 5.41) is 0. The maximum atomic E-state index is 13.7. The van der Waals surface area contributed by atoms with E-state index >= 15 is 0 Å². The molecule has 14 heavy (non-hydrogen) atoms. The van der Waals surface area contributed by atoms with E-state index in [1.54, 1.807) is 19.1 Å². The molecule has 0 saturated heterocycles. The van der Waals surface area contributed by atoms with Crippen molar-refractivity contribution < 1.29 is 13.9 Å². The number of halogens is 1. The van der Waals surface area contributed by atoms with Crippen LogP contribution in [-0.4, -0.2) is 13.2 Å². The topological polar surface area (TPSA) is 44.5 Å². The predicted molar refractivity (Wildman–Crippen MR) is 50.0 cm³/mol. The first-order valence-corrected chi connectivity index (χ1v) is 4.53. The first-order chi connectivity index (χ1) is 6.70. The second-order valence-corrected chi connectivity index (χ2v) is 3.28. The summed E-state index contributed by atoms with van der Waals surface area (Å²) in [5.41, 5.74) is 6.06. The van der Waals surface area contributed by atoms with Crippen molar-refractivity contribution in [2.24, 2.45) is 5.73 Å². The van der Waals surface area contributed by atoms with E-state index in [1.165, 1.54) is 0 Å². The molecule has 0 bridgehead atoms. The molecule has 3 nitrogen and oxygen atoms in total. The minimum atomic E-state index is -0.405. The molecule has 0 spiro atoms. The maximum Gasteiger partial charge on any atom is 0.197 e. The highest BCUT2D eigenvalue weighted by Crippen LogP contribution is 2.35. The number of hydrogen-bond acceptors (Lipinski definition) is 3. The normalized spacial score (nSPS) is 16.5. The molecule has 0 radical (unpaired) electrons. The molecule has 0 amide bonds. The number of fused-ring (bicyclic) bond motifs is 1. The third-order valence-corrected chi connectivity index (χ3v) is 2.17. The van der Waals surface area contributed by atoms with Crippen LogP contribution in [0.2, 0.25) is 0 Å². The largest absolute Gasteiger partial charge is 0.486 e. The summed E-state index contributed by atoms with van der Waals surface area (Å²) in [4.78, 5) is 0. The van der Waals surface area contributed by atoms with Gasteiger partial charge in [0.25, 0.3) is 0 Å². The lowest BCUT2D eigenvalue weighted by Crippen LogP contribution is -2.18. The van der Waals surface area contributed by atoms with Crippen molar-refractivity contribution >= 4 is 0 Å². The van der Waals surface area contributed by atoms with Gasteiger partial charge in [-0.25, -0.2) is 4.39 Å². The van der Waals surface area contributed by atoms with Crippen molar-refractivity contribution in [1.82, 2.24) is 0 Å². The van der Waals surface area contributed by atoms with Gasteiger partial charge in [-0.3, -0.25) is 0 Å². The van der Waals surface area contributed by atoms with Crippen LogP contribution in [0.3, 0.4) is 0 Å². The Morgan fingerprint density at radius 1 is 1.36 bits per heavy atom. The molecule has 0 saturated carbocycles. The molecule has 2 rings (SSSR count). The number of nitrogens with two attached hydrogens (primary N) is 1. The Hall–Kier alpha value is -1.29. The summed E-state index contributed by atoms with van der Waals surface area (Å²) in [7, 11) is 0. The fourth-order valence-electron chi connectivity index (χ4n) is 1.45. The highest BCUT2D eigenvalue weighted by molar-refractivity contribution is 5.46. The number of rotatable bonds is 1. The van der Waals surface area contributed by atoms with Crippen molar-refractivity contribution in [3.05, 3.63) is 23.5 Å². The average molecular weight is 197 g/mol. The lowest BCUT2D eigenvalue weighted by Gasteiger charge is -2.20. The molecular formula is C10H12FNO2. The molecule has 76 valence electrons. The van der Waals surface area contributed by atoms with Crippen LogP contribution in [-0.2, 0) is 0 Å². The van der Waals surface area contributed by atoms with Crippen LogP contribution in [0.25, 0.3) is 0 Å². The first kappa shape index (κ1) is 9.27. The molecule has 0 aromatic heterocycles. The van der Waals surface area contributed by atoms with Crippen molar-refractivity contribution in [3.63, 3.8) is 0 Å². The van der Waals surface area contributed by atoms with E-state index in [9.17, 15) is 4.39 Å².